The molecule has 8 nitrogen and oxygen atoms in total. The number of ether oxygens (including phenoxy) is 1. The summed E-state index contributed by atoms with van der Waals surface area (Å²) in [5.41, 5.74) is 1.63. The Morgan fingerprint density at radius 1 is 1.23 bits per heavy atom. The highest BCUT2D eigenvalue weighted by atomic mass is 19.1. The molecule has 0 aliphatic carbocycles. The van der Waals surface area contributed by atoms with Gasteiger partial charge in [-0.15, -0.1) is 10.2 Å². The van der Waals surface area contributed by atoms with Crippen LogP contribution in [-0.2, 0) is 6.54 Å². The normalized spacial score (nSPS) is 17.0. The van der Waals surface area contributed by atoms with Crippen molar-refractivity contribution in [2.45, 2.75) is 31.9 Å². The van der Waals surface area contributed by atoms with Crippen LogP contribution in [0.5, 0.6) is 5.75 Å². The molecular weight excluding hydrogens is 401 g/mol. The first-order valence-electron chi connectivity index (χ1n) is 10.2. The van der Waals surface area contributed by atoms with Crippen LogP contribution in [0.4, 0.5) is 4.39 Å². The van der Waals surface area contributed by atoms with Crippen LogP contribution < -0.4 is 4.74 Å². The van der Waals surface area contributed by atoms with Gasteiger partial charge in [0.2, 0.25) is 0 Å². The van der Waals surface area contributed by atoms with Crippen molar-refractivity contribution in [3.63, 3.8) is 0 Å². The second-order valence-corrected chi connectivity index (χ2v) is 7.67. The predicted molar refractivity (Wildman–Crippen MR) is 110 cm³/mol. The summed E-state index contributed by atoms with van der Waals surface area (Å²) in [5, 5.41) is 21.6. The highest BCUT2D eigenvalue weighted by molar-refractivity contribution is 5.94. The van der Waals surface area contributed by atoms with Gasteiger partial charge in [0, 0.05) is 24.6 Å². The summed E-state index contributed by atoms with van der Waals surface area (Å²) in [6, 6.07) is 13.4. The molecule has 2 aromatic carbocycles. The van der Waals surface area contributed by atoms with E-state index < -0.39 is 6.10 Å². The van der Waals surface area contributed by atoms with Gasteiger partial charge in [0.15, 0.2) is 5.82 Å². The zero-order chi connectivity index (χ0) is 21.8. The molecule has 31 heavy (non-hydrogen) atoms. The molecule has 1 aliphatic heterocycles. The average Bonchev–Trinajstić information content (AvgIpc) is 3.42. The predicted octanol–water partition coefficient (Wildman–Crippen LogP) is 2.19. The Morgan fingerprint density at radius 2 is 1.97 bits per heavy atom. The number of tetrazole rings is 1. The third kappa shape index (κ3) is 5.24. The van der Waals surface area contributed by atoms with Crippen LogP contribution in [0.15, 0.2) is 48.5 Å². The zero-order valence-corrected chi connectivity index (χ0v) is 17.2. The Hall–Kier alpha value is -3.33. The summed E-state index contributed by atoms with van der Waals surface area (Å²) >= 11 is 0. The molecule has 1 saturated heterocycles. The molecule has 1 N–H and O–H groups in total. The SMILES string of the molecule is Cc1nnn(CC(O)COc2ccc(C(=O)N3CCC(c4ccc(F)cc4)C3)cc2)n1. The monoisotopic (exact) mass is 425 g/mol. The summed E-state index contributed by atoms with van der Waals surface area (Å²) in [6.07, 6.45) is 0.0688. The van der Waals surface area contributed by atoms with Crippen LogP contribution in [0, 0.1) is 12.7 Å². The van der Waals surface area contributed by atoms with Crippen molar-refractivity contribution in [2.75, 3.05) is 19.7 Å². The van der Waals surface area contributed by atoms with Crippen LogP contribution in [0.2, 0.25) is 0 Å². The van der Waals surface area contributed by atoms with Crippen molar-refractivity contribution < 1.29 is 19.0 Å². The summed E-state index contributed by atoms with van der Waals surface area (Å²) in [6.45, 7) is 3.26. The first kappa shape index (κ1) is 20.9. The van der Waals surface area contributed by atoms with E-state index in [9.17, 15) is 14.3 Å². The van der Waals surface area contributed by atoms with E-state index in [0.717, 1.165) is 12.0 Å². The number of aryl methyl sites for hydroxylation is 1. The molecule has 4 rings (SSSR count). The number of carbonyl (C=O) groups excluding carboxylic acids is 1. The van der Waals surface area contributed by atoms with Gasteiger partial charge in [0.1, 0.15) is 24.3 Å². The second kappa shape index (κ2) is 9.22. The molecule has 1 amide bonds. The van der Waals surface area contributed by atoms with Crippen LogP contribution in [-0.4, -0.2) is 61.9 Å². The van der Waals surface area contributed by atoms with Crippen molar-refractivity contribution in [1.29, 1.82) is 0 Å². The Labute approximate surface area is 179 Å². The summed E-state index contributed by atoms with van der Waals surface area (Å²) in [7, 11) is 0. The molecule has 0 radical (unpaired) electrons. The highest BCUT2D eigenvalue weighted by Gasteiger charge is 2.28. The van der Waals surface area contributed by atoms with Crippen molar-refractivity contribution in [3.05, 3.63) is 71.3 Å². The van der Waals surface area contributed by atoms with Crippen molar-refractivity contribution >= 4 is 5.91 Å². The minimum Gasteiger partial charge on any atom is -0.491 e. The lowest BCUT2D eigenvalue weighted by molar-refractivity contribution is 0.0788. The molecule has 1 fully saturated rings. The maximum absolute atomic E-state index is 13.1. The molecular formula is C22H24FN5O3. The minimum absolute atomic E-state index is 0.0381. The molecule has 3 aromatic rings. The maximum Gasteiger partial charge on any atom is 0.253 e. The summed E-state index contributed by atoms with van der Waals surface area (Å²) in [5.74, 6) is 1.02. The van der Waals surface area contributed by atoms with Crippen LogP contribution in [0.3, 0.4) is 0 Å². The average molecular weight is 425 g/mol. The number of amides is 1. The van der Waals surface area contributed by atoms with E-state index in [1.807, 2.05) is 4.90 Å². The van der Waals surface area contributed by atoms with Gasteiger partial charge in [-0.05, 0) is 60.5 Å². The Kier molecular flexibility index (Phi) is 6.22. The van der Waals surface area contributed by atoms with Crippen LogP contribution in [0.1, 0.15) is 34.1 Å². The van der Waals surface area contributed by atoms with E-state index in [1.165, 1.54) is 16.9 Å². The van der Waals surface area contributed by atoms with Crippen molar-refractivity contribution in [2.24, 2.45) is 0 Å². The maximum atomic E-state index is 13.1. The topological polar surface area (TPSA) is 93.4 Å². The van der Waals surface area contributed by atoms with E-state index in [2.05, 4.69) is 15.4 Å². The molecule has 0 spiro atoms. The van der Waals surface area contributed by atoms with Gasteiger partial charge >= 0.3 is 0 Å². The molecule has 1 aromatic heterocycles. The molecule has 2 unspecified atom stereocenters. The standard InChI is InChI=1S/C22H24FN5O3/c1-15-24-26-28(25-15)13-20(29)14-31-21-8-4-17(5-9-21)22(30)27-11-10-18(12-27)16-2-6-19(23)7-3-16/h2-9,18,20,29H,10-14H2,1H3. The van der Waals surface area contributed by atoms with E-state index in [-0.39, 0.29) is 30.8 Å². The lowest BCUT2D eigenvalue weighted by Crippen LogP contribution is -2.28. The van der Waals surface area contributed by atoms with Crippen LogP contribution in [0.25, 0.3) is 0 Å². The number of carbonyl (C=O) groups is 1. The van der Waals surface area contributed by atoms with Gasteiger partial charge in [-0.25, -0.2) is 4.39 Å². The molecule has 2 atom stereocenters. The minimum atomic E-state index is -0.789. The summed E-state index contributed by atoms with van der Waals surface area (Å²) < 4.78 is 18.7. The first-order chi connectivity index (χ1) is 15.0. The van der Waals surface area contributed by atoms with Crippen molar-refractivity contribution in [1.82, 2.24) is 25.1 Å². The number of halogens is 1. The number of likely N-dealkylation sites (tertiary alicyclic amines) is 1. The van der Waals surface area contributed by atoms with Gasteiger partial charge in [0.05, 0.1) is 6.54 Å². The smallest absolute Gasteiger partial charge is 0.253 e. The molecule has 1 aliphatic rings. The molecule has 162 valence electrons. The third-order valence-corrected chi connectivity index (χ3v) is 5.29. The number of hydrogen-bond acceptors (Lipinski definition) is 6. The molecule has 0 bridgehead atoms. The number of aliphatic hydroxyl groups excluding tert-OH is 1. The second-order valence-electron chi connectivity index (χ2n) is 7.67. The summed E-state index contributed by atoms with van der Waals surface area (Å²) in [4.78, 5) is 16.0. The number of rotatable bonds is 7. The fraction of sp³-hybridized carbons (Fsp3) is 0.364. The Balaban J connectivity index is 1.28. The van der Waals surface area contributed by atoms with Gasteiger partial charge in [-0.1, -0.05) is 12.1 Å². The fourth-order valence-electron chi connectivity index (χ4n) is 3.66. The van der Waals surface area contributed by atoms with E-state index >= 15 is 0 Å². The quantitative estimate of drug-likeness (QED) is 0.624. The number of nitrogens with zero attached hydrogens (tertiary/aromatic N) is 5. The number of aromatic nitrogens is 4. The van der Waals surface area contributed by atoms with Gasteiger partial charge in [-0.3, -0.25) is 4.79 Å². The fourth-order valence-corrected chi connectivity index (χ4v) is 3.66. The lowest BCUT2D eigenvalue weighted by atomic mass is 9.99. The van der Waals surface area contributed by atoms with Crippen LogP contribution >= 0.6 is 0 Å². The number of benzene rings is 2. The van der Waals surface area contributed by atoms with E-state index in [4.69, 9.17) is 4.74 Å². The van der Waals surface area contributed by atoms with Gasteiger partial charge in [0.25, 0.3) is 5.91 Å². The van der Waals surface area contributed by atoms with Gasteiger partial charge < -0.3 is 14.7 Å². The Bertz CT molecular complexity index is 1020. The highest BCUT2D eigenvalue weighted by Crippen LogP contribution is 2.28. The van der Waals surface area contributed by atoms with Gasteiger partial charge in [-0.2, -0.15) is 4.80 Å². The van der Waals surface area contributed by atoms with E-state index in [1.54, 1.807) is 43.3 Å². The first-order valence-corrected chi connectivity index (χ1v) is 10.2. The van der Waals surface area contributed by atoms with Crippen molar-refractivity contribution in [3.8, 4) is 5.75 Å². The zero-order valence-electron chi connectivity index (χ0n) is 17.2. The largest absolute Gasteiger partial charge is 0.491 e. The van der Waals surface area contributed by atoms with E-state index in [0.29, 0.717) is 30.2 Å². The molecule has 0 saturated carbocycles. The Morgan fingerprint density at radius 3 is 2.65 bits per heavy atom. The third-order valence-electron chi connectivity index (χ3n) is 5.29. The molecule has 2 heterocycles. The lowest BCUT2D eigenvalue weighted by Gasteiger charge is -2.17. The number of aliphatic hydroxyl groups is 1. The molecule has 9 heteroatoms. The number of hydrogen-bond donors (Lipinski definition) is 1.